The minimum atomic E-state index is -0.517. The van der Waals surface area contributed by atoms with Crippen molar-refractivity contribution < 1.29 is 14.3 Å². The Bertz CT molecular complexity index is 961. The smallest absolute Gasteiger partial charge is 0.319 e. The van der Waals surface area contributed by atoms with Gasteiger partial charge in [0.1, 0.15) is 24.2 Å². The number of H-pyrrole nitrogens is 1. The number of para-hydroxylation sites is 1. The van der Waals surface area contributed by atoms with E-state index < -0.39 is 5.25 Å². The molecule has 28 heavy (non-hydrogen) atoms. The van der Waals surface area contributed by atoms with Crippen LogP contribution in [0, 0.1) is 0 Å². The SMILES string of the molecule is CC(Sc1nc(COc2ccccc2)cc(=O)[nH]1)C(=O)OCc1ccccc1. The number of rotatable bonds is 8. The molecule has 1 unspecified atom stereocenters. The number of carbonyl (C=O) groups is 1. The summed E-state index contributed by atoms with van der Waals surface area (Å²) < 4.78 is 10.9. The molecule has 1 N–H and O–H groups in total. The van der Waals surface area contributed by atoms with Gasteiger partial charge in [-0.3, -0.25) is 9.59 Å². The Kier molecular flexibility index (Phi) is 6.86. The lowest BCUT2D eigenvalue weighted by Crippen LogP contribution is -2.19. The molecule has 7 heteroatoms. The summed E-state index contributed by atoms with van der Waals surface area (Å²) in [5.41, 5.74) is 1.11. The fourth-order valence-corrected chi connectivity index (χ4v) is 3.18. The zero-order valence-electron chi connectivity index (χ0n) is 15.3. The van der Waals surface area contributed by atoms with Gasteiger partial charge >= 0.3 is 5.97 Å². The Labute approximate surface area is 166 Å². The zero-order valence-corrected chi connectivity index (χ0v) is 16.1. The molecular weight excluding hydrogens is 376 g/mol. The van der Waals surface area contributed by atoms with E-state index in [1.165, 1.54) is 6.07 Å². The first kappa shape index (κ1) is 19.7. The molecule has 1 aromatic heterocycles. The molecule has 0 aliphatic heterocycles. The normalized spacial score (nSPS) is 11.6. The van der Waals surface area contributed by atoms with Gasteiger partial charge in [0.05, 0.1) is 5.69 Å². The molecular formula is C21H20N2O4S. The summed E-state index contributed by atoms with van der Waals surface area (Å²) >= 11 is 1.14. The molecule has 144 valence electrons. The van der Waals surface area contributed by atoms with Crippen molar-refractivity contribution >= 4 is 17.7 Å². The van der Waals surface area contributed by atoms with Crippen LogP contribution >= 0.6 is 11.8 Å². The highest BCUT2D eigenvalue weighted by Crippen LogP contribution is 2.20. The Hall–Kier alpha value is -3.06. The third kappa shape index (κ3) is 5.99. The first-order valence-electron chi connectivity index (χ1n) is 8.75. The van der Waals surface area contributed by atoms with Gasteiger partial charge < -0.3 is 14.5 Å². The van der Waals surface area contributed by atoms with Crippen molar-refractivity contribution in [2.24, 2.45) is 0 Å². The molecule has 0 bridgehead atoms. The largest absolute Gasteiger partial charge is 0.487 e. The molecule has 3 aromatic rings. The van der Waals surface area contributed by atoms with Crippen LogP contribution in [0.1, 0.15) is 18.2 Å². The number of esters is 1. The summed E-state index contributed by atoms with van der Waals surface area (Å²) in [6, 6.07) is 20.1. The van der Waals surface area contributed by atoms with Crippen LogP contribution in [0.5, 0.6) is 5.75 Å². The topological polar surface area (TPSA) is 81.3 Å². The van der Waals surface area contributed by atoms with Gasteiger partial charge in [-0.2, -0.15) is 0 Å². The van der Waals surface area contributed by atoms with Gasteiger partial charge in [-0.15, -0.1) is 0 Å². The maximum absolute atomic E-state index is 12.2. The van der Waals surface area contributed by atoms with E-state index in [9.17, 15) is 9.59 Å². The van der Waals surface area contributed by atoms with Gasteiger partial charge in [0.25, 0.3) is 5.56 Å². The Morgan fingerprint density at radius 3 is 2.46 bits per heavy atom. The minimum absolute atomic E-state index is 0.161. The number of thioether (sulfide) groups is 1. The summed E-state index contributed by atoms with van der Waals surface area (Å²) in [4.78, 5) is 31.1. The molecule has 1 heterocycles. The number of hydrogen-bond acceptors (Lipinski definition) is 6. The third-order valence-corrected chi connectivity index (χ3v) is 4.71. The van der Waals surface area contributed by atoms with Crippen LogP contribution in [-0.4, -0.2) is 21.2 Å². The van der Waals surface area contributed by atoms with Gasteiger partial charge in [0.2, 0.25) is 0 Å². The Balaban J connectivity index is 1.57. The number of aromatic nitrogens is 2. The van der Waals surface area contributed by atoms with Crippen molar-refractivity contribution in [3.05, 3.63) is 88.3 Å². The van der Waals surface area contributed by atoms with Crippen LogP contribution in [0.3, 0.4) is 0 Å². The van der Waals surface area contributed by atoms with Crippen LogP contribution in [0.2, 0.25) is 0 Å². The lowest BCUT2D eigenvalue weighted by atomic mass is 10.2. The first-order valence-corrected chi connectivity index (χ1v) is 9.63. The quantitative estimate of drug-likeness (QED) is 0.356. The standard InChI is InChI=1S/C21H20N2O4S/c1-15(20(25)27-13-16-8-4-2-5-9-16)28-21-22-17(12-19(24)23-21)14-26-18-10-6-3-7-11-18/h2-12,15H,13-14H2,1H3,(H,22,23,24). The van der Waals surface area contributed by atoms with Crippen molar-refractivity contribution in [1.82, 2.24) is 9.97 Å². The average molecular weight is 396 g/mol. The number of ether oxygens (including phenoxy) is 2. The van der Waals surface area contributed by atoms with E-state index in [4.69, 9.17) is 9.47 Å². The molecule has 6 nitrogen and oxygen atoms in total. The van der Waals surface area contributed by atoms with Crippen LogP contribution in [0.4, 0.5) is 0 Å². The number of aromatic amines is 1. The zero-order chi connectivity index (χ0) is 19.8. The molecule has 0 fully saturated rings. The van der Waals surface area contributed by atoms with Gasteiger partial charge in [0.15, 0.2) is 5.16 Å². The predicted molar refractivity (Wildman–Crippen MR) is 107 cm³/mol. The summed E-state index contributed by atoms with van der Waals surface area (Å²) in [6.07, 6.45) is 0. The Morgan fingerprint density at radius 1 is 1.07 bits per heavy atom. The summed E-state index contributed by atoms with van der Waals surface area (Å²) in [5, 5.41) is -0.166. The molecule has 0 radical (unpaired) electrons. The molecule has 0 amide bonds. The second-order valence-corrected chi connectivity index (χ2v) is 7.33. The second kappa shape index (κ2) is 9.75. The summed E-state index contributed by atoms with van der Waals surface area (Å²) in [5.74, 6) is 0.319. The average Bonchev–Trinajstić information content (AvgIpc) is 2.71. The summed E-state index contributed by atoms with van der Waals surface area (Å²) in [7, 11) is 0. The van der Waals surface area contributed by atoms with E-state index in [-0.39, 0.29) is 24.7 Å². The number of nitrogens with zero attached hydrogens (tertiary/aromatic N) is 1. The predicted octanol–water partition coefficient (Wildman–Crippen LogP) is 3.57. The van der Waals surface area contributed by atoms with Gasteiger partial charge in [-0.25, -0.2) is 4.98 Å². The van der Waals surface area contributed by atoms with E-state index >= 15 is 0 Å². The van der Waals surface area contributed by atoms with Crippen LogP contribution in [0.15, 0.2) is 76.7 Å². The monoisotopic (exact) mass is 396 g/mol. The van der Waals surface area contributed by atoms with Crippen molar-refractivity contribution in [2.45, 2.75) is 30.5 Å². The van der Waals surface area contributed by atoms with Crippen LogP contribution < -0.4 is 10.3 Å². The third-order valence-electron chi connectivity index (χ3n) is 3.75. The molecule has 1 atom stereocenters. The molecule has 0 aliphatic rings. The van der Waals surface area contributed by atoms with E-state index in [2.05, 4.69) is 9.97 Å². The Morgan fingerprint density at radius 2 is 1.75 bits per heavy atom. The fourth-order valence-electron chi connectivity index (χ4n) is 2.35. The fraction of sp³-hybridized carbons (Fsp3) is 0.190. The van der Waals surface area contributed by atoms with Gasteiger partial charge in [-0.1, -0.05) is 60.3 Å². The lowest BCUT2D eigenvalue weighted by molar-refractivity contribution is -0.143. The van der Waals surface area contributed by atoms with Crippen molar-refractivity contribution in [3.8, 4) is 5.75 Å². The molecule has 0 aliphatic carbocycles. The lowest BCUT2D eigenvalue weighted by Gasteiger charge is -2.11. The number of carbonyl (C=O) groups excluding carboxylic acids is 1. The van der Waals surface area contributed by atoms with E-state index in [0.717, 1.165) is 17.3 Å². The van der Waals surface area contributed by atoms with Crippen molar-refractivity contribution in [2.75, 3.05) is 0 Å². The number of hydrogen-bond donors (Lipinski definition) is 1. The maximum Gasteiger partial charge on any atom is 0.319 e. The van der Waals surface area contributed by atoms with Crippen molar-refractivity contribution in [3.63, 3.8) is 0 Å². The van der Waals surface area contributed by atoms with E-state index in [1.807, 2.05) is 60.7 Å². The van der Waals surface area contributed by atoms with Crippen LogP contribution in [-0.2, 0) is 22.7 Å². The minimum Gasteiger partial charge on any atom is -0.487 e. The van der Waals surface area contributed by atoms with E-state index in [0.29, 0.717) is 16.6 Å². The highest BCUT2D eigenvalue weighted by molar-refractivity contribution is 8.00. The highest BCUT2D eigenvalue weighted by Gasteiger charge is 2.18. The van der Waals surface area contributed by atoms with Gasteiger partial charge in [-0.05, 0) is 24.6 Å². The molecule has 0 saturated heterocycles. The van der Waals surface area contributed by atoms with Crippen molar-refractivity contribution in [1.29, 1.82) is 0 Å². The second-order valence-electron chi connectivity index (χ2n) is 6.00. The number of nitrogens with one attached hydrogen (secondary N) is 1. The molecule has 3 rings (SSSR count). The molecule has 2 aromatic carbocycles. The van der Waals surface area contributed by atoms with Crippen LogP contribution in [0.25, 0.3) is 0 Å². The highest BCUT2D eigenvalue weighted by atomic mass is 32.2. The first-order chi connectivity index (χ1) is 13.6. The molecule has 0 spiro atoms. The molecule has 0 saturated carbocycles. The summed E-state index contributed by atoms with van der Waals surface area (Å²) in [6.45, 7) is 2.08. The number of benzene rings is 2. The van der Waals surface area contributed by atoms with Gasteiger partial charge in [0, 0.05) is 6.07 Å². The maximum atomic E-state index is 12.2. The van der Waals surface area contributed by atoms with E-state index in [1.54, 1.807) is 6.92 Å².